The lowest BCUT2D eigenvalue weighted by atomic mass is 9.91. The molecular weight excluding hydrogens is 231 g/mol. The van der Waals surface area contributed by atoms with Gasteiger partial charge in [0, 0.05) is 17.4 Å². The van der Waals surface area contributed by atoms with Crippen LogP contribution in [0.25, 0.3) is 11.0 Å². The van der Waals surface area contributed by atoms with Gasteiger partial charge in [0.05, 0.1) is 5.69 Å². The van der Waals surface area contributed by atoms with E-state index in [9.17, 15) is 4.39 Å². The summed E-state index contributed by atoms with van der Waals surface area (Å²) in [4.78, 5) is 2.44. The second kappa shape index (κ2) is 4.69. The zero-order valence-electron chi connectivity index (χ0n) is 10.5. The second-order valence-electron chi connectivity index (χ2n) is 4.92. The van der Waals surface area contributed by atoms with Crippen molar-refractivity contribution in [3.63, 3.8) is 0 Å². The number of hydrogen-bond donors (Lipinski definition) is 0. The van der Waals surface area contributed by atoms with Gasteiger partial charge in [-0.05, 0) is 44.6 Å². The molecule has 4 heteroatoms. The van der Waals surface area contributed by atoms with Gasteiger partial charge in [-0.25, -0.2) is 4.39 Å². The van der Waals surface area contributed by atoms with Crippen molar-refractivity contribution in [1.82, 2.24) is 10.1 Å². The van der Waals surface area contributed by atoms with Crippen molar-refractivity contribution in [1.29, 1.82) is 0 Å². The van der Waals surface area contributed by atoms with Crippen LogP contribution in [0.5, 0.6) is 0 Å². The molecule has 96 valence electrons. The summed E-state index contributed by atoms with van der Waals surface area (Å²) in [6.45, 7) is 5.51. The Labute approximate surface area is 106 Å². The van der Waals surface area contributed by atoms with E-state index in [4.69, 9.17) is 4.52 Å². The predicted octanol–water partition coefficient (Wildman–Crippen LogP) is 3.17. The van der Waals surface area contributed by atoms with E-state index in [0.29, 0.717) is 11.5 Å². The minimum absolute atomic E-state index is 0.272. The molecule has 3 nitrogen and oxygen atoms in total. The Morgan fingerprint density at radius 3 is 2.89 bits per heavy atom. The quantitative estimate of drug-likeness (QED) is 0.817. The first-order valence-electron chi connectivity index (χ1n) is 6.55. The standard InChI is InChI=1S/C14H17FN2O/c1-2-17-7-5-10(6-8-17)14-12-4-3-11(15)9-13(12)18-16-14/h3-4,9-10H,2,5-8H2,1H3. The Balaban J connectivity index is 1.87. The molecule has 18 heavy (non-hydrogen) atoms. The van der Waals surface area contributed by atoms with Crippen LogP contribution in [0.4, 0.5) is 4.39 Å². The van der Waals surface area contributed by atoms with E-state index in [-0.39, 0.29) is 5.82 Å². The van der Waals surface area contributed by atoms with Crippen LogP contribution in [0.3, 0.4) is 0 Å². The first-order chi connectivity index (χ1) is 8.78. The third kappa shape index (κ3) is 2.01. The summed E-state index contributed by atoms with van der Waals surface area (Å²) in [6, 6.07) is 4.67. The summed E-state index contributed by atoms with van der Waals surface area (Å²) in [5.41, 5.74) is 1.56. The number of rotatable bonds is 2. The topological polar surface area (TPSA) is 29.3 Å². The molecule has 0 amide bonds. The highest BCUT2D eigenvalue weighted by Crippen LogP contribution is 2.32. The second-order valence-corrected chi connectivity index (χ2v) is 4.92. The molecule has 2 heterocycles. The average Bonchev–Trinajstić information content (AvgIpc) is 2.81. The van der Waals surface area contributed by atoms with Crippen LogP contribution in [0.1, 0.15) is 31.4 Å². The van der Waals surface area contributed by atoms with Gasteiger partial charge in [-0.3, -0.25) is 0 Å². The summed E-state index contributed by atoms with van der Waals surface area (Å²) in [5, 5.41) is 5.11. The fraction of sp³-hybridized carbons (Fsp3) is 0.500. The van der Waals surface area contributed by atoms with E-state index in [2.05, 4.69) is 17.0 Å². The SMILES string of the molecule is CCN1CCC(c2noc3cc(F)ccc23)CC1. The molecule has 0 radical (unpaired) electrons. The molecule has 0 bridgehead atoms. The van der Waals surface area contributed by atoms with Crippen LogP contribution in [0, 0.1) is 5.82 Å². The first kappa shape index (κ1) is 11.7. The van der Waals surface area contributed by atoms with Gasteiger partial charge in [-0.2, -0.15) is 0 Å². The van der Waals surface area contributed by atoms with E-state index in [1.807, 2.05) is 0 Å². The van der Waals surface area contributed by atoms with Gasteiger partial charge < -0.3 is 9.42 Å². The summed E-state index contributed by atoms with van der Waals surface area (Å²) < 4.78 is 18.3. The molecule has 0 aliphatic carbocycles. The third-order valence-corrected chi connectivity index (χ3v) is 3.88. The molecule has 1 aromatic carbocycles. The fourth-order valence-corrected chi connectivity index (χ4v) is 2.75. The van der Waals surface area contributed by atoms with E-state index >= 15 is 0 Å². The normalized spacial score (nSPS) is 18.6. The van der Waals surface area contributed by atoms with Crippen LogP contribution in [0.15, 0.2) is 22.7 Å². The van der Waals surface area contributed by atoms with E-state index in [0.717, 1.165) is 43.6 Å². The zero-order chi connectivity index (χ0) is 12.5. The highest BCUT2D eigenvalue weighted by atomic mass is 19.1. The minimum Gasteiger partial charge on any atom is -0.356 e. The number of benzene rings is 1. The summed E-state index contributed by atoms with van der Waals surface area (Å²) in [7, 11) is 0. The molecule has 0 saturated carbocycles. The van der Waals surface area contributed by atoms with Crippen molar-refractivity contribution in [2.45, 2.75) is 25.7 Å². The number of nitrogens with zero attached hydrogens (tertiary/aromatic N) is 2. The molecular formula is C14H17FN2O. The largest absolute Gasteiger partial charge is 0.356 e. The van der Waals surface area contributed by atoms with Crippen LogP contribution < -0.4 is 0 Å². The Kier molecular flexibility index (Phi) is 3.04. The zero-order valence-corrected chi connectivity index (χ0v) is 10.5. The van der Waals surface area contributed by atoms with E-state index < -0.39 is 0 Å². The molecule has 1 aliphatic rings. The molecule has 1 aromatic heterocycles. The molecule has 1 saturated heterocycles. The molecule has 0 unspecified atom stereocenters. The van der Waals surface area contributed by atoms with Gasteiger partial charge in [0.25, 0.3) is 0 Å². The van der Waals surface area contributed by atoms with Crippen molar-refractivity contribution >= 4 is 11.0 Å². The average molecular weight is 248 g/mol. The molecule has 0 atom stereocenters. The van der Waals surface area contributed by atoms with Crippen molar-refractivity contribution in [2.24, 2.45) is 0 Å². The van der Waals surface area contributed by atoms with Crippen LogP contribution >= 0.6 is 0 Å². The van der Waals surface area contributed by atoms with Gasteiger partial charge >= 0.3 is 0 Å². The molecule has 0 N–H and O–H groups in total. The number of fused-ring (bicyclic) bond motifs is 1. The maximum atomic E-state index is 13.1. The van der Waals surface area contributed by atoms with Gasteiger partial charge in [-0.1, -0.05) is 12.1 Å². The Morgan fingerprint density at radius 2 is 2.17 bits per heavy atom. The number of halogens is 1. The number of hydrogen-bond acceptors (Lipinski definition) is 3. The van der Waals surface area contributed by atoms with Gasteiger partial charge in [-0.15, -0.1) is 0 Å². The van der Waals surface area contributed by atoms with Crippen LogP contribution in [-0.4, -0.2) is 29.7 Å². The van der Waals surface area contributed by atoms with Crippen LogP contribution in [0.2, 0.25) is 0 Å². The number of piperidine rings is 1. The predicted molar refractivity (Wildman–Crippen MR) is 68.1 cm³/mol. The molecule has 1 aliphatic heterocycles. The van der Waals surface area contributed by atoms with Crippen molar-refractivity contribution in [3.8, 4) is 0 Å². The maximum absolute atomic E-state index is 13.1. The van der Waals surface area contributed by atoms with Gasteiger partial charge in [0.2, 0.25) is 0 Å². The van der Waals surface area contributed by atoms with Crippen molar-refractivity contribution < 1.29 is 8.91 Å². The summed E-state index contributed by atoms with van der Waals surface area (Å²) in [5.74, 6) is 0.172. The highest BCUT2D eigenvalue weighted by Gasteiger charge is 2.24. The lowest BCUT2D eigenvalue weighted by molar-refractivity contribution is 0.219. The number of likely N-dealkylation sites (tertiary alicyclic amines) is 1. The molecule has 1 fully saturated rings. The lowest BCUT2D eigenvalue weighted by Crippen LogP contribution is -2.32. The Hall–Kier alpha value is -1.42. The minimum atomic E-state index is -0.272. The Bertz CT molecular complexity index is 544. The molecule has 3 rings (SSSR count). The molecule has 2 aromatic rings. The first-order valence-corrected chi connectivity index (χ1v) is 6.55. The van der Waals surface area contributed by atoms with Gasteiger partial charge in [0.15, 0.2) is 5.58 Å². The van der Waals surface area contributed by atoms with Crippen molar-refractivity contribution in [3.05, 3.63) is 29.7 Å². The molecule has 0 spiro atoms. The van der Waals surface area contributed by atoms with Crippen molar-refractivity contribution in [2.75, 3.05) is 19.6 Å². The maximum Gasteiger partial charge on any atom is 0.170 e. The summed E-state index contributed by atoms with van der Waals surface area (Å²) >= 11 is 0. The Morgan fingerprint density at radius 1 is 1.39 bits per heavy atom. The van der Waals surface area contributed by atoms with E-state index in [1.54, 1.807) is 6.07 Å². The highest BCUT2D eigenvalue weighted by molar-refractivity contribution is 5.79. The fourth-order valence-electron chi connectivity index (χ4n) is 2.75. The smallest absolute Gasteiger partial charge is 0.170 e. The lowest BCUT2D eigenvalue weighted by Gasteiger charge is -2.29. The summed E-state index contributed by atoms with van der Waals surface area (Å²) in [6.07, 6.45) is 2.21. The van der Waals surface area contributed by atoms with Crippen LogP contribution in [-0.2, 0) is 0 Å². The third-order valence-electron chi connectivity index (χ3n) is 3.88. The monoisotopic (exact) mass is 248 g/mol. The van der Waals surface area contributed by atoms with E-state index in [1.165, 1.54) is 12.1 Å². The number of aromatic nitrogens is 1. The van der Waals surface area contributed by atoms with Gasteiger partial charge in [0.1, 0.15) is 5.82 Å².